The second-order valence-electron chi connectivity index (χ2n) is 4.57. The third-order valence-corrected chi connectivity index (χ3v) is 3.22. The highest BCUT2D eigenvalue weighted by atomic mass is 16.4. The number of hydrogen-bond acceptors (Lipinski definition) is 2. The fraction of sp³-hybridized carbons (Fsp3) is 0.571. The van der Waals surface area contributed by atoms with Gasteiger partial charge in [-0.25, -0.2) is 0 Å². The molecule has 1 rings (SSSR count). The Hall–Kier alpha value is -1.58. The standard InChI is InChI=1S/C14H21NO3/c1-3-9-15(10-4-2)13(16)11-7-5-6-8-12(11)14(17)18/h3,5-6,11-12H,1,4,7-10H2,2H3,(H,17,18)/t11-,12+/m1/s1. The molecular formula is C14H21NO3. The van der Waals surface area contributed by atoms with E-state index in [1.165, 1.54) is 0 Å². The molecule has 2 atom stereocenters. The minimum absolute atomic E-state index is 0.0616. The highest BCUT2D eigenvalue weighted by molar-refractivity contribution is 5.85. The Morgan fingerprint density at radius 2 is 2.00 bits per heavy atom. The minimum atomic E-state index is -0.882. The summed E-state index contributed by atoms with van der Waals surface area (Å²) in [7, 11) is 0. The smallest absolute Gasteiger partial charge is 0.307 e. The predicted molar refractivity (Wildman–Crippen MR) is 70.1 cm³/mol. The van der Waals surface area contributed by atoms with Crippen LogP contribution in [-0.2, 0) is 9.59 Å². The maximum Gasteiger partial charge on any atom is 0.307 e. The second-order valence-corrected chi connectivity index (χ2v) is 4.57. The van der Waals surface area contributed by atoms with Gasteiger partial charge in [0.15, 0.2) is 0 Å². The van der Waals surface area contributed by atoms with Gasteiger partial charge in [0, 0.05) is 13.1 Å². The van der Waals surface area contributed by atoms with Crippen LogP contribution in [-0.4, -0.2) is 35.0 Å². The van der Waals surface area contributed by atoms with Crippen LogP contribution in [0.15, 0.2) is 24.8 Å². The van der Waals surface area contributed by atoms with Crippen molar-refractivity contribution in [3.63, 3.8) is 0 Å². The van der Waals surface area contributed by atoms with Gasteiger partial charge in [-0.1, -0.05) is 25.2 Å². The Labute approximate surface area is 108 Å². The van der Waals surface area contributed by atoms with Gasteiger partial charge in [0.2, 0.25) is 5.91 Å². The van der Waals surface area contributed by atoms with Gasteiger partial charge in [-0.2, -0.15) is 0 Å². The Balaban J connectivity index is 2.81. The van der Waals surface area contributed by atoms with Crippen LogP contribution in [0.4, 0.5) is 0 Å². The molecule has 0 spiro atoms. The molecule has 4 heteroatoms. The van der Waals surface area contributed by atoms with Gasteiger partial charge in [-0.3, -0.25) is 9.59 Å². The zero-order valence-electron chi connectivity index (χ0n) is 10.8. The van der Waals surface area contributed by atoms with Crippen molar-refractivity contribution < 1.29 is 14.7 Å². The quantitative estimate of drug-likeness (QED) is 0.735. The third kappa shape index (κ3) is 3.45. The van der Waals surface area contributed by atoms with Gasteiger partial charge >= 0.3 is 5.97 Å². The lowest BCUT2D eigenvalue weighted by atomic mass is 9.82. The van der Waals surface area contributed by atoms with Crippen LogP contribution in [0.5, 0.6) is 0 Å². The SMILES string of the molecule is C=CCN(CCC)C(=O)[C@@H]1CC=CC[C@@H]1C(=O)O. The van der Waals surface area contributed by atoms with Gasteiger partial charge in [-0.15, -0.1) is 6.58 Å². The number of carbonyl (C=O) groups excluding carboxylic acids is 1. The molecule has 0 aliphatic heterocycles. The summed E-state index contributed by atoms with van der Waals surface area (Å²) in [6.45, 7) is 6.77. The molecule has 0 heterocycles. The lowest BCUT2D eigenvalue weighted by molar-refractivity contribution is -0.150. The summed E-state index contributed by atoms with van der Waals surface area (Å²) in [6, 6.07) is 0. The summed E-state index contributed by atoms with van der Waals surface area (Å²) in [5.41, 5.74) is 0. The van der Waals surface area contributed by atoms with E-state index in [9.17, 15) is 14.7 Å². The Kier molecular flexibility index (Phi) is 5.62. The normalized spacial score (nSPS) is 22.5. The van der Waals surface area contributed by atoms with Crippen LogP contribution < -0.4 is 0 Å². The van der Waals surface area contributed by atoms with E-state index in [0.29, 0.717) is 25.9 Å². The van der Waals surface area contributed by atoms with Crippen molar-refractivity contribution in [3.8, 4) is 0 Å². The molecule has 0 unspecified atom stereocenters. The first kappa shape index (κ1) is 14.5. The van der Waals surface area contributed by atoms with Crippen LogP contribution in [0.2, 0.25) is 0 Å². The Morgan fingerprint density at radius 1 is 1.39 bits per heavy atom. The molecule has 1 aliphatic rings. The first-order valence-corrected chi connectivity index (χ1v) is 6.39. The fourth-order valence-corrected chi connectivity index (χ4v) is 2.31. The topological polar surface area (TPSA) is 57.6 Å². The minimum Gasteiger partial charge on any atom is -0.481 e. The van der Waals surface area contributed by atoms with Crippen LogP contribution >= 0.6 is 0 Å². The highest BCUT2D eigenvalue weighted by Gasteiger charge is 2.35. The molecule has 0 aromatic carbocycles. The zero-order valence-corrected chi connectivity index (χ0v) is 10.8. The average molecular weight is 251 g/mol. The molecule has 0 saturated carbocycles. The van der Waals surface area contributed by atoms with Crippen molar-refractivity contribution in [1.29, 1.82) is 0 Å². The van der Waals surface area contributed by atoms with E-state index < -0.39 is 17.8 Å². The Bertz CT molecular complexity index is 349. The van der Waals surface area contributed by atoms with Crippen molar-refractivity contribution in [2.75, 3.05) is 13.1 Å². The van der Waals surface area contributed by atoms with Gasteiger partial charge in [0.25, 0.3) is 0 Å². The number of amides is 1. The molecule has 1 aliphatic carbocycles. The zero-order chi connectivity index (χ0) is 13.5. The van der Waals surface area contributed by atoms with Gasteiger partial charge in [-0.05, 0) is 19.3 Å². The molecular weight excluding hydrogens is 230 g/mol. The number of carbonyl (C=O) groups is 2. The summed E-state index contributed by atoms with van der Waals surface area (Å²) >= 11 is 0. The van der Waals surface area contributed by atoms with E-state index in [2.05, 4.69) is 6.58 Å². The molecule has 1 amide bonds. The highest BCUT2D eigenvalue weighted by Crippen LogP contribution is 2.27. The van der Waals surface area contributed by atoms with E-state index >= 15 is 0 Å². The van der Waals surface area contributed by atoms with Crippen molar-refractivity contribution >= 4 is 11.9 Å². The van der Waals surface area contributed by atoms with Gasteiger partial charge in [0.05, 0.1) is 11.8 Å². The third-order valence-electron chi connectivity index (χ3n) is 3.22. The maximum atomic E-state index is 12.4. The van der Waals surface area contributed by atoms with E-state index in [-0.39, 0.29) is 5.91 Å². The van der Waals surface area contributed by atoms with Crippen LogP contribution in [0.25, 0.3) is 0 Å². The number of carboxylic acids is 1. The molecule has 0 bridgehead atoms. The van der Waals surface area contributed by atoms with E-state index in [4.69, 9.17) is 0 Å². The molecule has 1 N–H and O–H groups in total. The molecule has 0 aromatic rings. The number of allylic oxidation sites excluding steroid dienone is 2. The van der Waals surface area contributed by atoms with Crippen molar-refractivity contribution in [3.05, 3.63) is 24.8 Å². The predicted octanol–water partition coefficient (Wildman–Crippen LogP) is 2.08. The lowest BCUT2D eigenvalue weighted by Crippen LogP contribution is -2.42. The largest absolute Gasteiger partial charge is 0.481 e. The molecule has 0 fully saturated rings. The van der Waals surface area contributed by atoms with Crippen molar-refractivity contribution in [2.45, 2.75) is 26.2 Å². The summed E-state index contributed by atoms with van der Waals surface area (Å²) in [4.78, 5) is 25.3. The first-order valence-electron chi connectivity index (χ1n) is 6.39. The number of hydrogen-bond donors (Lipinski definition) is 1. The maximum absolute atomic E-state index is 12.4. The number of carboxylic acid groups (broad SMARTS) is 1. The monoisotopic (exact) mass is 251 g/mol. The summed E-state index contributed by atoms with van der Waals surface area (Å²) in [6.07, 6.45) is 7.26. The van der Waals surface area contributed by atoms with Crippen LogP contribution in [0.1, 0.15) is 26.2 Å². The summed E-state index contributed by atoms with van der Waals surface area (Å²) < 4.78 is 0. The number of rotatable bonds is 6. The van der Waals surface area contributed by atoms with Crippen molar-refractivity contribution in [1.82, 2.24) is 4.90 Å². The molecule has 18 heavy (non-hydrogen) atoms. The fourth-order valence-electron chi connectivity index (χ4n) is 2.31. The second kappa shape index (κ2) is 6.99. The lowest BCUT2D eigenvalue weighted by Gasteiger charge is -2.30. The van der Waals surface area contributed by atoms with E-state index in [1.54, 1.807) is 11.0 Å². The molecule has 4 nitrogen and oxygen atoms in total. The van der Waals surface area contributed by atoms with Gasteiger partial charge < -0.3 is 10.0 Å². The molecule has 0 aromatic heterocycles. The average Bonchev–Trinajstić information content (AvgIpc) is 2.37. The van der Waals surface area contributed by atoms with Crippen LogP contribution in [0.3, 0.4) is 0 Å². The number of aliphatic carboxylic acids is 1. The van der Waals surface area contributed by atoms with E-state index in [1.807, 2.05) is 19.1 Å². The first-order chi connectivity index (χ1) is 8.61. The molecule has 0 saturated heterocycles. The Morgan fingerprint density at radius 3 is 2.50 bits per heavy atom. The van der Waals surface area contributed by atoms with Crippen molar-refractivity contribution in [2.24, 2.45) is 11.8 Å². The van der Waals surface area contributed by atoms with Gasteiger partial charge in [0.1, 0.15) is 0 Å². The molecule has 0 radical (unpaired) electrons. The summed E-state index contributed by atoms with van der Waals surface area (Å²) in [5, 5.41) is 9.17. The molecule has 100 valence electrons. The van der Waals surface area contributed by atoms with Crippen LogP contribution in [0, 0.1) is 11.8 Å². The number of nitrogens with zero attached hydrogens (tertiary/aromatic N) is 1. The summed E-state index contributed by atoms with van der Waals surface area (Å²) in [5.74, 6) is -1.97. The van der Waals surface area contributed by atoms with E-state index in [0.717, 1.165) is 6.42 Å².